The summed E-state index contributed by atoms with van der Waals surface area (Å²) in [6.45, 7) is 12.5. The van der Waals surface area contributed by atoms with Crippen molar-refractivity contribution in [1.29, 1.82) is 0 Å². The maximum atomic E-state index is 12.1. The summed E-state index contributed by atoms with van der Waals surface area (Å²) in [7, 11) is 0. The van der Waals surface area contributed by atoms with Gasteiger partial charge in [0.15, 0.2) is 0 Å². The van der Waals surface area contributed by atoms with Crippen molar-refractivity contribution in [3.63, 3.8) is 0 Å². The van der Waals surface area contributed by atoms with E-state index in [2.05, 4.69) is 20.8 Å². The van der Waals surface area contributed by atoms with Gasteiger partial charge < -0.3 is 9.84 Å². The highest BCUT2D eigenvalue weighted by Crippen LogP contribution is 2.48. The van der Waals surface area contributed by atoms with Crippen LogP contribution in [0.2, 0.25) is 0 Å². The fourth-order valence-electron chi connectivity index (χ4n) is 3.09. The lowest BCUT2D eigenvalue weighted by Crippen LogP contribution is -2.53. The molecule has 1 saturated carbocycles. The lowest BCUT2D eigenvalue weighted by atomic mass is 9.61. The van der Waals surface area contributed by atoms with Gasteiger partial charge in [-0.25, -0.2) is 0 Å². The van der Waals surface area contributed by atoms with Gasteiger partial charge in [-0.15, -0.1) is 0 Å². The summed E-state index contributed by atoms with van der Waals surface area (Å²) in [5.41, 5.74) is -1.48. The van der Waals surface area contributed by atoms with Gasteiger partial charge in [0.1, 0.15) is 0 Å². The number of esters is 1. The van der Waals surface area contributed by atoms with Gasteiger partial charge in [-0.05, 0) is 57.8 Å². The van der Waals surface area contributed by atoms with Crippen molar-refractivity contribution in [2.24, 2.45) is 16.7 Å². The summed E-state index contributed by atoms with van der Waals surface area (Å²) in [5, 5.41) is 10.9. The first-order valence-corrected chi connectivity index (χ1v) is 7.44. The van der Waals surface area contributed by atoms with Crippen LogP contribution in [0.4, 0.5) is 0 Å². The zero-order valence-electron chi connectivity index (χ0n) is 13.4. The number of aliphatic hydroxyl groups is 1. The molecule has 112 valence electrons. The molecule has 0 heterocycles. The Morgan fingerprint density at radius 3 is 2.05 bits per heavy atom. The van der Waals surface area contributed by atoms with Crippen LogP contribution >= 0.6 is 0 Å². The van der Waals surface area contributed by atoms with Crippen LogP contribution in [0.5, 0.6) is 0 Å². The van der Waals surface area contributed by atoms with Crippen molar-refractivity contribution in [2.75, 3.05) is 6.61 Å². The molecule has 0 bridgehead atoms. The van der Waals surface area contributed by atoms with Crippen LogP contribution in [0.3, 0.4) is 0 Å². The number of rotatable bonds is 3. The van der Waals surface area contributed by atoms with Gasteiger partial charge in [-0.2, -0.15) is 0 Å². The lowest BCUT2D eigenvalue weighted by Gasteiger charge is -2.47. The second-order valence-electron chi connectivity index (χ2n) is 7.52. The van der Waals surface area contributed by atoms with Crippen LogP contribution in [-0.4, -0.2) is 23.3 Å². The number of carbonyl (C=O) groups excluding carboxylic acids is 1. The van der Waals surface area contributed by atoms with Crippen LogP contribution in [-0.2, 0) is 9.53 Å². The number of carbonyl (C=O) groups is 1. The molecular formula is C16H30O3. The molecule has 1 N–H and O–H groups in total. The van der Waals surface area contributed by atoms with Crippen LogP contribution in [0.15, 0.2) is 0 Å². The molecule has 0 aliphatic heterocycles. The predicted octanol–water partition coefficient (Wildman–Crippen LogP) is 3.54. The lowest BCUT2D eigenvalue weighted by molar-refractivity contribution is -0.177. The Hall–Kier alpha value is -0.570. The summed E-state index contributed by atoms with van der Waals surface area (Å²) in [6, 6.07) is 0. The van der Waals surface area contributed by atoms with Gasteiger partial charge in [-0.1, -0.05) is 20.8 Å². The van der Waals surface area contributed by atoms with Crippen LogP contribution in [0, 0.1) is 16.7 Å². The molecule has 0 saturated heterocycles. The molecule has 0 spiro atoms. The molecule has 19 heavy (non-hydrogen) atoms. The van der Waals surface area contributed by atoms with E-state index in [1.54, 1.807) is 6.92 Å². The highest BCUT2D eigenvalue weighted by molar-refractivity contribution is 5.77. The molecule has 3 nitrogen and oxygen atoms in total. The Kier molecular flexibility index (Phi) is 4.71. The van der Waals surface area contributed by atoms with Gasteiger partial charge >= 0.3 is 5.97 Å². The minimum Gasteiger partial charge on any atom is -0.465 e. The average Bonchev–Trinajstić information content (AvgIpc) is 2.28. The normalized spacial score (nSPS) is 29.1. The van der Waals surface area contributed by atoms with E-state index in [0.29, 0.717) is 25.4 Å². The highest BCUT2D eigenvalue weighted by atomic mass is 16.5. The number of ether oxygens (including phenoxy) is 1. The summed E-state index contributed by atoms with van der Waals surface area (Å²) < 4.78 is 5.12. The van der Waals surface area contributed by atoms with E-state index in [1.165, 1.54) is 0 Å². The first-order chi connectivity index (χ1) is 8.54. The molecular weight excluding hydrogens is 240 g/mol. The zero-order valence-corrected chi connectivity index (χ0v) is 13.4. The Morgan fingerprint density at radius 1 is 1.21 bits per heavy atom. The fourth-order valence-corrected chi connectivity index (χ4v) is 3.09. The molecule has 0 atom stereocenters. The Morgan fingerprint density at radius 2 is 1.68 bits per heavy atom. The molecule has 0 unspecified atom stereocenters. The van der Waals surface area contributed by atoms with Gasteiger partial charge in [0.2, 0.25) is 0 Å². The van der Waals surface area contributed by atoms with Crippen LogP contribution < -0.4 is 0 Å². The topological polar surface area (TPSA) is 46.5 Å². The second-order valence-corrected chi connectivity index (χ2v) is 7.52. The SMILES string of the molecule is CCOC(=O)C(C)(C)C1(O)CCC(C(C)(C)C)CC1. The molecule has 3 heteroatoms. The largest absolute Gasteiger partial charge is 0.465 e. The van der Waals surface area contributed by atoms with E-state index in [1.807, 2.05) is 13.8 Å². The molecule has 0 aromatic carbocycles. The number of hydrogen-bond donors (Lipinski definition) is 1. The van der Waals surface area contributed by atoms with E-state index in [4.69, 9.17) is 4.74 Å². The number of hydrogen-bond acceptors (Lipinski definition) is 3. The average molecular weight is 270 g/mol. The summed E-state index contributed by atoms with van der Waals surface area (Å²) in [4.78, 5) is 12.1. The fraction of sp³-hybridized carbons (Fsp3) is 0.938. The Bertz CT molecular complexity index is 317. The first kappa shape index (κ1) is 16.5. The van der Waals surface area contributed by atoms with Crippen molar-refractivity contribution in [1.82, 2.24) is 0 Å². The quantitative estimate of drug-likeness (QED) is 0.798. The molecule has 0 aromatic rings. The third-order valence-electron chi connectivity index (χ3n) is 4.99. The van der Waals surface area contributed by atoms with Gasteiger partial charge in [0, 0.05) is 0 Å². The van der Waals surface area contributed by atoms with Crippen molar-refractivity contribution in [2.45, 2.75) is 72.8 Å². The van der Waals surface area contributed by atoms with Crippen molar-refractivity contribution >= 4 is 5.97 Å². The minimum atomic E-state index is -0.930. The second kappa shape index (κ2) is 5.43. The molecule has 1 fully saturated rings. The van der Waals surface area contributed by atoms with Gasteiger partial charge in [0.25, 0.3) is 0 Å². The van der Waals surface area contributed by atoms with Crippen molar-refractivity contribution < 1.29 is 14.6 Å². The first-order valence-electron chi connectivity index (χ1n) is 7.44. The van der Waals surface area contributed by atoms with E-state index < -0.39 is 11.0 Å². The maximum Gasteiger partial charge on any atom is 0.314 e. The Labute approximate surface area is 117 Å². The molecule has 1 aliphatic carbocycles. The molecule has 0 aromatic heterocycles. The highest BCUT2D eigenvalue weighted by Gasteiger charge is 2.51. The van der Waals surface area contributed by atoms with E-state index in [0.717, 1.165) is 12.8 Å². The summed E-state index contributed by atoms with van der Waals surface area (Å²) >= 11 is 0. The van der Waals surface area contributed by atoms with Crippen molar-refractivity contribution in [3.05, 3.63) is 0 Å². The molecule has 1 rings (SSSR count). The van der Waals surface area contributed by atoms with Gasteiger partial charge in [0.05, 0.1) is 17.6 Å². The maximum absolute atomic E-state index is 12.1. The minimum absolute atomic E-state index is 0.273. The summed E-state index contributed by atoms with van der Waals surface area (Å²) in [6.07, 6.45) is 3.31. The standard InChI is InChI=1S/C16H30O3/c1-7-19-13(17)15(5,6)16(18)10-8-12(9-11-16)14(2,3)4/h12,18H,7-11H2,1-6H3. The smallest absolute Gasteiger partial charge is 0.314 e. The Balaban J connectivity index is 2.77. The molecule has 0 radical (unpaired) electrons. The predicted molar refractivity (Wildman–Crippen MR) is 76.8 cm³/mol. The molecule has 1 aliphatic rings. The molecule has 0 amide bonds. The van der Waals surface area contributed by atoms with Crippen LogP contribution in [0.1, 0.15) is 67.2 Å². The van der Waals surface area contributed by atoms with Gasteiger partial charge in [-0.3, -0.25) is 4.79 Å². The summed E-state index contributed by atoms with van der Waals surface area (Å²) in [5.74, 6) is 0.331. The third-order valence-corrected chi connectivity index (χ3v) is 4.99. The van der Waals surface area contributed by atoms with E-state index in [9.17, 15) is 9.90 Å². The van der Waals surface area contributed by atoms with E-state index >= 15 is 0 Å². The monoisotopic (exact) mass is 270 g/mol. The van der Waals surface area contributed by atoms with Crippen LogP contribution in [0.25, 0.3) is 0 Å². The zero-order chi connectivity index (χ0) is 14.9. The van der Waals surface area contributed by atoms with E-state index in [-0.39, 0.29) is 11.4 Å². The third kappa shape index (κ3) is 3.31. The van der Waals surface area contributed by atoms with Crippen molar-refractivity contribution in [3.8, 4) is 0 Å².